The zero-order valence-corrected chi connectivity index (χ0v) is 18.3. The van der Waals surface area contributed by atoms with Gasteiger partial charge in [0.1, 0.15) is 0 Å². The molecule has 0 bridgehead atoms. The van der Waals surface area contributed by atoms with E-state index in [2.05, 4.69) is 15.7 Å². The van der Waals surface area contributed by atoms with Crippen LogP contribution in [0.1, 0.15) is 31.2 Å². The number of ether oxygens (including phenoxy) is 1. The molecule has 9 nitrogen and oxygen atoms in total. The molecule has 2 aromatic rings. The molecule has 1 aliphatic heterocycles. The maximum absolute atomic E-state index is 12.7. The van der Waals surface area contributed by atoms with Gasteiger partial charge in [-0.3, -0.25) is 14.3 Å². The van der Waals surface area contributed by atoms with E-state index >= 15 is 0 Å². The molecule has 2 N–H and O–H groups in total. The number of nitrogens with one attached hydrogen (secondary N) is 2. The molecule has 1 saturated heterocycles. The number of aromatic nitrogens is 2. The van der Waals surface area contributed by atoms with Crippen LogP contribution in [0, 0.1) is 19.8 Å². The van der Waals surface area contributed by atoms with E-state index < -0.39 is 23.9 Å². The van der Waals surface area contributed by atoms with Gasteiger partial charge in [-0.25, -0.2) is 4.79 Å². The molecule has 2 heterocycles. The highest BCUT2D eigenvalue weighted by molar-refractivity contribution is 5.96. The predicted molar refractivity (Wildman–Crippen MR) is 117 cm³/mol. The molecule has 2 atom stereocenters. The van der Waals surface area contributed by atoms with Crippen molar-refractivity contribution in [2.45, 2.75) is 39.7 Å². The number of hydrogen-bond acceptors (Lipinski definition) is 5. The first-order chi connectivity index (χ1) is 14.8. The molecule has 9 heteroatoms. The highest BCUT2D eigenvalue weighted by Crippen LogP contribution is 2.21. The van der Waals surface area contributed by atoms with E-state index in [0.717, 1.165) is 5.69 Å². The molecule has 3 amide bonds. The van der Waals surface area contributed by atoms with E-state index in [4.69, 9.17) is 4.74 Å². The van der Waals surface area contributed by atoms with Crippen molar-refractivity contribution in [3.05, 3.63) is 41.7 Å². The SMILES string of the molecule is Cc1nn(C)c(C)c1NC(=O)C(C)OC(=O)C1CCCN(C(=O)Nc2ccccc2)C1. The molecule has 0 saturated carbocycles. The quantitative estimate of drug-likeness (QED) is 0.714. The second kappa shape index (κ2) is 9.63. The van der Waals surface area contributed by atoms with Gasteiger partial charge in [-0.15, -0.1) is 0 Å². The van der Waals surface area contributed by atoms with E-state index in [1.54, 1.807) is 35.7 Å². The Kier molecular flexibility index (Phi) is 6.94. The smallest absolute Gasteiger partial charge is 0.321 e. The molecule has 0 radical (unpaired) electrons. The van der Waals surface area contributed by atoms with Gasteiger partial charge in [0, 0.05) is 25.8 Å². The van der Waals surface area contributed by atoms with Gasteiger partial charge in [0.2, 0.25) is 0 Å². The third-order valence-corrected chi connectivity index (χ3v) is 5.49. The molecule has 0 aliphatic carbocycles. The average molecular weight is 428 g/mol. The van der Waals surface area contributed by atoms with Gasteiger partial charge in [0.15, 0.2) is 6.10 Å². The first kappa shape index (κ1) is 22.3. The van der Waals surface area contributed by atoms with Crippen molar-refractivity contribution in [3.8, 4) is 0 Å². The van der Waals surface area contributed by atoms with Crippen molar-refractivity contribution in [1.29, 1.82) is 0 Å². The number of nitrogens with zero attached hydrogens (tertiary/aromatic N) is 3. The summed E-state index contributed by atoms with van der Waals surface area (Å²) in [5, 5.41) is 9.88. The number of esters is 1. The maximum atomic E-state index is 12.7. The summed E-state index contributed by atoms with van der Waals surface area (Å²) in [4.78, 5) is 39.3. The highest BCUT2D eigenvalue weighted by atomic mass is 16.5. The van der Waals surface area contributed by atoms with Gasteiger partial charge in [0.25, 0.3) is 5.91 Å². The van der Waals surface area contributed by atoms with Crippen LogP contribution in [0.25, 0.3) is 0 Å². The fourth-order valence-electron chi connectivity index (χ4n) is 3.58. The number of anilines is 2. The first-order valence-corrected chi connectivity index (χ1v) is 10.4. The van der Waals surface area contributed by atoms with Crippen molar-refractivity contribution >= 4 is 29.3 Å². The van der Waals surface area contributed by atoms with Crippen LogP contribution < -0.4 is 10.6 Å². The zero-order valence-electron chi connectivity index (χ0n) is 18.3. The van der Waals surface area contributed by atoms with E-state index in [0.29, 0.717) is 36.5 Å². The summed E-state index contributed by atoms with van der Waals surface area (Å²) < 4.78 is 7.10. The summed E-state index contributed by atoms with van der Waals surface area (Å²) >= 11 is 0. The number of likely N-dealkylation sites (tertiary alicyclic amines) is 1. The lowest BCUT2D eigenvalue weighted by Gasteiger charge is -2.32. The monoisotopic (exact) mass is 427 g/mol. The third-order valence-electron chi connectivity index (χ3n) is 5.49. The fourth-order valence-corrected chi connectivity index (χ4v) is 3.58. The summed E-state index contributed by atoms with van der Waals surface area (Å²) in [5.74, 6) is -1.35. The molecule has 1 aromatic carbocycles. The van der Waals surface area contributed by atoms with Crippen molar-refractivity contribution in [2.75, 3.05) is 23.7 Å². The minimum atomic E-state index is -0.958. The lowest BCUT2D eigenvalue weighted by molar-refractivity contribution is -0.158. The van der Waals surface area contributed by atoms with Crippen molar-refractivity contribution in [3.63, 3.8) is 0 Å². The summed E-state index contributed by atoms with van der Waals surface area (Å²) in [6.45, 7) is 6.02. The summed E-state index contributed by atoms with van der Waals surface area (Å²) in [7, 11) is 1.80. The number of hydrogen-bond donors (Lipinski definition) is 2. The number of para-hydroxylation sites is 1. The van der Waals surface area contributed by atoms with Crippen LogP contribution >= 0.6 is 0 Å². The number of aryl methyl sites for hydroxylation is 2. The fraction of sp³-hybridized carbons (Fsp3) is 0.455. The van der Waals surface area contributed by atoms with Gasteiger partial charge in [0.05, 0.1) is 23.0 Å². The number of benzene rings is 1. The van der Waals surface area contributed by atoms with Crippen LogP contribution in [0.3, 0.4) is 0 Å². The Balaban J connectivity index is 1.54. The maximum Gasteiger partial charge on any atom is 0.321 e. The van der Waals surface area contributed by atoms with Gasteiger partial charge in [-0.05, 0) is 45.7 Å². The van der Waals surface area contributed by atoms with E-state index in [1.165, 1.54) is 6.92 Å². The van der Waals surface area contributed by atoms with Crippen molar-refractivity contribution < 1.29 is 19.1 Å². The molecule has 1 fully saturated rings. The standard InChI is InChI=1S/C22H29N5O4/c1-14-19(15(2)26(4)25-14)24-20(28)16(3)31-21(29)17-9-8-12-27(13-17)22(30)23-18-10-6-5-7-11-18/h5-7,10-11,16-17H,8-9,12-13H2,1-4H3,(H,23,30)(H,24,28). The number of carbonyl (C=O) groups is 3. The van der Waals surface area contributed by atoms with Crippen LogP contribution in [0.2, 0.25) is 0 Å². The molecule has 0 spiro atoms. The summed E-state index contributed by atoms with van der Waals surface area (Å²) in [6.07, 6.45) is 0.347. The van der Waals surface area contributed by atoms with Crippen molar-refractivity contribution in [1.82, 2.24) is 14.7 Å². The largest absolute Gasteiger partial charge is 0.452 e. The number of urea groups is 1. The van der Waals surface area contributed by atoms with E-state index in [1.807, 2.05) is 25.1 Å². The van der Waals surface area contributed by atoms with Crippen molar-refractivity contribution in [2.24, 2.45) is 13.0 Å². The van der Waals surface area contributed by atoms with Crippen LogP contribution in [-0.2, 0) is 21.4 Å². The lowest BCUT2D eigenvalue weighted by Crippen LogP contribution is -2.45. The number of carbonyl (C=O) groups excluding carboxylic acids is 3. The summed E-state index contributed by atoms with van der Waals surface area (Å²) in [5.41, 5.74) is 2.83. The minimum Gasteiger partial charge on any atom is -0.452 e. The Bertz CT molecular complexity index is 956. The second-order valence-corrected chi connectivity index (χ2v) is 7.82. The molecular formula is C22H29N5O4. The third kappa shape index (κ3) is 5.42. The van der Waals surface area contributed by atoms with E-state index in [9.17, 15) is 14.4 Å². The topological polar surface area (TPSA) is 106 Å². The van der Waals surface area contributed by atoms with Gasteiger partial charge < -0.3 is 20.3 Å². The molecule has 2 unspecified atom stereocenters. The van der Waals surface area contributed by atoms with Crippen LogP contribution in [0.15, 0.2) is 30.3 Å². The Labute approximate surface area is 181 Å². The highest BCUT2D eigenvalue weighted by Gasteiger charge is 2.31. The lowest BCUT2D eigenvalue weighted by atomic mass is 9.98. The average Bonchev–Trinajstić information content (AvgIpc) is 3.00. The Morgan fingerprint density at radius 1 is 1.16 bits per heavy atom. The molecule has 3 rings (SSSR count). The molecule has 31 heavy (non-hydrogen) atoms. The Hall–Kier alpha value is -3.36. The minimum absolute atomic E-state index is 0.253. The van der Waals surface area contributed by atoms with Gasteiger partial charge >= 0.3 is 12.0 Å². The molecular weight excluding hydrogens is 398 g/mol. The second-order valence-electron chi connectivity index (χ2n) is 7.82. The van der Waals surface area contributed by atoms with Crippen LogP contribution in [-0.4, -0.2) is 51.8 Å². The van der Waals surface area contributed by atoms with Crippen LogP contribution in [0.4, 0.5) is 16.2 Å². The predicted octanol–water partition coefficient (Wildman–Crippen LogP) is 2.85. The van der Waals surface area contributed by atoms with Gasteiger partial charge in [-0.2, -0.15) is 5.10 Å². The van der Waals surface area contributed by atoms with Crippen LogP contribution in [0.5, 0.6) is 0 Å². The normalized spacial score (nSPS) is 17.0. The zero-order chi connectivity index (χ0) is 22.5. The number of piperidine rings is 1. The molecule has 1 aromatic heterocycles. The van der Waals surface area contributed by atoms with Gasteiger partial charge in [-0.1, -0.05) is 18.2 Å². The molecule has 166 valence electrons. The Morgan fingerprint density at radius 2 is 1.87 bits per heavy atom. The first-order valence-electron chi connectivity index (χ1n) is 10.4. The summed E-state index contributed by atoms with van der Waals surface area (Å²) in [6, 6.07) is 8.91. The number of amides is 3. The Morgan fingerprint density at radius 3 is 2.52 bits per heavy atom. The van der Waals surface area contributed by atoms with E-state index in [-0.39, 0.29) is 12.6 Å². The number of rotatable bonds is 5. The molecule has 1 aliphatic rings.